The van der Waals surface area contributed by atoms with E-state index in [1.807, 2.05) is 36.7 Å². The molecule has 0 radical (unpaired) electrons. The van der Waals surface area contributed by atoms with Crippen LogP contribution in [0.2, 0.25) is 0 Å². The predicted octanol–water partition coefficient (Wildman–Crippen LogP) is 2.37. The average Bonchev–Trinajstić information content (AvgIpc) is 2.78. The lowest BCUT2D eigenvalue weighted by atomic mass is 9.94. The molecule has 1 unspecified atom stereocenters. The zero-order valence-electron chi connectivity index (χ0n) is 17.7. The molecule has 8 heteroatoms. The molecule has 1 aliphatic rings. The van der Waals surface area contributed by atoms with Gasteiger partial charge in [-0.25, -0.2) is 10.2 Å². The molecule has 0 saturated carbocycles. The molecule has 0 amide bonds. The van der Waals surface area contributed by atoms with Crippen LogP contribution in [0.4, 0.5) is 0 Å². The Morgan fingerprint density at radius 1 is 1.13 bits per heavy atom. The largest absolute Gasteiger partial charge is 0.493 e. The lowest BCUT2D eigenvalue weighted by Crippen LogP contribution is -2.33. The Labute approximate surface area is 176 Å². The number of hydrogen-bond donors (Lipinski definition) is 1. The van der Waals surface area contributed by atoms with Crippen molar-refractivity contribution < 1.29 is 28.5 Å². The topological polar surface area (TPSA) is 86.3 Å². The number of rotatable bonds is 10. The summed E-state index contributed by atoms with van der Waals surface area (Å²) in [6.45, 7) is 0.625. The van der Waals surface area contributed by atoms with Crippen molar-refractivity contribution in [2.45, 2.75) is 12.8 Å². The van der Waals surface area contributed by atoms with Gasteiger partial charge < -0.3 is 18.9 Å². The molecule has 1 N–H and O–H groups in total. The highest BCUT2D eigenvalue weighted by Gasteiger charge is 2.19. The van der Waals surface area contributed by atoms with Gasteiger partial charge in [-0.15, -0.1) is 0 Å². The molecule has 0 aromatic heterocycles. The van der Waals surface area contributed by atoms with Crippen molar-refractivity contribution in [2.75, 3.05) is 35.0 Å². The lowest BCUT2D eigenvalue weighted by Gasteiger charge is -2.26. The van der Waals surface area contributed by atoms with E-state index in [2.05, 4.69) is 10.2 Å². The molecule has 1 aromatic rings. The van der Waals surface area contributed by atoms with Gasteiger partial charge in [0.15, 0.2) is 11.5 Å². The van der Waals surface area contributed by atoms with Crippen LogP contribution in [0.25, 0.3) is 0 Å². The quantitative estimate of drug-likeness (QED) is 0.460. The van der Waals surface area contributed by atoms with E-state index in [1.165, 1.54) is 20.3 Å². The molecule has 162 valence electrons. The van der Waals surface area contributed by atoms with E-state index in [1.54, 1.807) is 25.3 Å². The minimum absolute atomic E-state index is 0.180. The second-order valence-corrected chi connectivity index (χ2v) is 6.43. The Hall–Kier alpha value is -3.26. The molecule has 1 atom stereocenters. The van der Waals surface area contributed by atoms with E-state index in [0.29, 0.717) is 24.5 Å². The first-order valence-electron chi connectivity index (χ1n) is 9.47. The second kappa shape index (κ2) is 11.7. The van der Waals surface area contributed by atoms with E-state index >= 15 is 0 Å². The molecule has 8 nitrogen and oxygen atoms in total. The van der Waals surface area contributed by atoms with Crippen LogP contribution in [-0.2, 0) is 25.5 Å². The van der Waals surface area contributed by atoms with Gasteiger partial charge in [0.2, 0.25) is 0 Å². The van der Waals surface area contributed by atoms with Crippen molar-refractivity contribution in [1.29, 1.82) is 0 Å². The standard InChI is InChI=1S/C22H28N2O6/c1-27-19-7-5-6-16(22(19)30-4)10-12-23-24-13-11-17(14-21(26)29-3)18(15-24)8-9-20(25)28-2/h5-9,11,13,15,17,23H,10,12,14H2,1-4H3/b9-8+. The number of hydrazine groups is 1. The summed E-state index contributed by atoms with van der Waals surface area (Å²) in [6.07, 6.45) is 9.41. The SMILES string of the molecule is COC(=O)/C=C/C1=CN(NCCc2cccc(OC)c2OC)C=CC1CC(=O)OC. The summed E-state index contributed by atoms with van der Waals surface area (Å²) < 4.78 is 20.2. The minimum atomic E-state index is -0.466. The fourth-order valence-corrected chi connectivity index (χ4v) is 3.02. The van der Waals surface area contributed by atoms with Gasteiger partial charge in [-0.05, 0) is 29.7 Å². The Morgan fingerprint density at radius 3 is 2.60 bits per heavy atom. The summed E-state index contributed by atoms with van der Waals surface area (Å²) in [5.41, 5.74) is 5.08. The lowest BCUT2D eigenvalue weighted by molar-refractivity contribution is -0.141. The minimum Gasteiger partial charge on any atom is -0.493 e. The zero-order valence-corrected chi connectivity index (χ0v) is 17.7. The van der Waals surface area contributed by atoms with Gasteiger partial charge in [0.25, 0.3) is 0 Å². The third-order valence-corrected chi connectivity index (χ3v) is 4.60. The molecule has 0 bridgehead atoms. The van der Waals surface area contributed by atoms with Crippen LogP contribution in [0.3, 0.4) is 0 Å². The summed E-state index contributed by atoms with van der Waals surface area (Å²) in [7, 11) is 5.89. The molecule has 30 heavy (non-hydrogen) atoms. The highest BCUT2D eigenvalue weighted by atomic mass is 16.5. The van der Waals surface area contributed by atoms with Crippen LogP contribution in [0.15, 0.2) is 54.4 Å². The normalized spacial score (nSPS) is 15.7. The van der Waals surface area contributed by atoms with Gasteiger partial charge in [-0.1, -0.05) is 18.2 Å². The highest BCUT2D eigenvalue weighted by Crippen LogP contribution is 2.31. The monoisotopic (exact) mass is 416 g/mol. The smallest absolute Gasteiger partial charge is 0.330 e. The molecule has 0 aliphatic carbocycles. The summed E-state index contributed by atoms with van der Waals surface area (Å²) in [4.78, 5) is 23.2. The van der Waals surface area contributed by atoms with E-state index in [4.69, 9.17) is 14.2 Å². The number of para-hydroxylation sites is 1. The predicted molar refractivity (Wildman–Crippen MR) is 112 cm³/mol. The molecule has 2 rings (SSSR count). The number of nitrogens with zero attached hydrogens (tertiary/aromatic N) is 1. The Balaban J connectivity index is 2.06. The average molecular weight is 416 g/mol. The number of carbonyl (C=O) groups is 2. The molecule has 1 aromatic carbocycles. The number of carbonyl (C=O) groups excluding carboxylic acids is 2. The van der Waals surface area contributed by atoms with Crippen LogP contribution in [-0.4, -0.2) is 51.9 Å². The number of allylic oxidation sites excluding steroid dienone is 3. The maximum Gasteiger partial charge on any atom is 0.330 e. The summed E-state index contributed by atoms with van der Waals surface area (Å²) in [5.74, 6) is 0.412. The summed E-state index contributed by atoms with van der Waals surface area (Å²) in [6, 6.07) is 5.76. The maximum absolute atomic E-state index is 11.7. The first-order chi connectivity index (χ1) is 14.5. The van der Waals surface area contributed by atoms with E-state index in [9.17, 15) is 9.59 Å². The fraction of sp³-hybridized carbons (Fsp3) is 0.364. The maximum atomic E-state index is 11.7. The Kier molecular flexibility index (Phi) is 8.96. The van der Waals surface area contributed by atoms with E-state index in [-0.39, 0.29) is 18.3 Å². The molecular formula is C22H28N2O6. The van der Waals surface area contributed by atoms with Gasteiger partial charge >= 0.3 is 11.9 Å². The Bertz CT molecular complexity index is 831. The van der Waals surface area contributed by atoms with Gasteiger partial charge in [-0.3, -0.25) is 9.80 Å². The molecule has 0 saturated heterocycles. The van der Waals surface area contributed by atoms with Crippen LogP contribution >= 0.6 is 0 Å². The fourth-order valence-electron chi connectivity index (χ4n) is 3.02. The third kappa shape index (κ3) is 6.38. The van der Waals surface area contributed by atoms with Gasteiger partial charge in [-0.2, -0.15) is 0 Å². The Morgan fingerprint density at radius 2 is 1.93 bits per heavy atom. The van der Waals surface area contributed by atoms with E-state index < -0.39 is 5.97 Å². The first-order valence-corrected chi connectivity index (χ1v) is 9.47. The number of ether oxygens (including phenoxy) is 4. The first kappa shape index (κ1) is 23.0. The van der Waals surface area contributed by atoms with Crippen molar-refractivity contribution in [3.05, 3.63) is 60.0 Å². The summed E-state index contributed by atoms with van der Waals surface area (Å²) in [5, 5.41) is 1.79. The summed E-state index contributed by atoms with van der Waals surface area (Å²) >= 11 is 0. The van der Waals surface area contributed by atoms with Crippen LogP contribution in [0.1, 0.15) is 12.0 Å². The van der Waals surface area contributed by atoms with Crippen molar-refractivity contribution >= 4 is 11.9 Å². The number of methoxy groups -OCH3 is 4. The highest BCUT2D eigenvalue weighted by molar-refractivity contribution is 5.82. The van der Waals surface area contributed by atoms with Crippen LogP contribution in [0.5, 0.6) is 11.5 Å². The van der Waals surface area contributed by atoms with Crippen molar-refractivity contribution in [1.82, 2.24) is 10.4 Å². The van der Waals surface area contributed by atoms with Gasteiger partial charge in [0, 0.05) is 30.9 Å². The second-order valence-electron chi connectivity index (χ2n) is 6.43. The van der Waals surface area contributed by atoms with Crippen molar-refractivity contribution in [3.63, 3.8) is 0 Å². The van der Waals surface area contributed by atoms with Crippen molar-refractivity contribution in [3.8, 4) is 11.5 Å². The zero-order chi connectivity index (χ0) is 21.9. The van der Waals surface area contributed by atoms with Crippen molar-refractivity contribution in [2.24, 2.45) is 5.92 Å². The number of benzene rings is 1. The van der Waals surface area contributed by atoms with Crippen LogP contribution < -0.4 is 14.9 Å². The van der Waals surface area contributed by atoms with Gasteiger partial charge in [0.1, 0.15) is 0 Å². The molecule has 0 fully saturated rings. The number of hydrogen-bond acceptors (Lipinski definition) is 8. The third-order valence-electron chi connectivity index (χ3n) is 4.60. The number of nitrogens with one attached hydrogen (secondary N) is 1. The molecule has 0 spiro atoms. The molecule has 1 heterocycles. The molecule has 1 aliphatic heterocycles. The molecular weight excluding hydrogens is 388 g/mol. The number of esters is 2. The van der Waals surface area contributed by atoms with Gasteiger partial charge in [0.05, 0.1) is 34.9 Å². The van der Waals surface area contributed by atoms with Crippen LogP contribution in [0, 0.1) is 5.92 Å². The van der Waals surface area contributed by atoms with E-state index in [0.717, 1.165) is 11.1 Å².